The number of benzene rings is 1. The van der Waals surface area contributed by atoms with E-state index in [1.807, 2.05) is 0 Å². The van der Waals surface area contributed by atoms with Gasteiger partial charge in [0.25, 0.3) is 0 Å². The first-order chi connectivity index (χ1) is 14.3. The van der Waals surface area contributed by atoms with Gasteiger partial charge >= 0.3 is 11.8 Å². The number of nitrogens with one attached hydrogen (secondary N) is 2. The van der Waals surface area contributed by atoms with Crippen LogP contribution in [0.1, 0.15) is 22.6 Å². The zero-order chi connectivity index (χ0) is 22.1. The molecule has 0 aliphatic heterocycles. The summed E-state index contributed by atoms with van der Waals surface area (Å²) < 4.78 is 1.61. The summed E-state index contributed by atoms with van der Waals surface area (Å²) in [5.74, 6) is -1.73. The van der Waals surface area contributed by atoms with Crippen molar-refractivity contribution in [2.24, 2.45) is 7.05 Å². The maximum Gasteiger partial charge on any atom is 0.313 e. The smallest absolute Gasteiger partial charge is 0.313 e. The fraction of sp³-hybridized carbons (Fsp3) is 0.182. The van der Waals surface area contributed by atoms with Crippen LogP contribution in [0, 0.1) is 0 Å². The van der Waals surface area contributed by atoms with Crippen molar-refractivity contribution in [3.8, 4) is 0 Å². The van der Waals surface area contributed by atoms with Crippen molar-refractivity contribution in [1.29, 1.82) is 0 Å². The number of aliphatic hydroxyl groups excluding tert-OH is 1. The van der Waals surface area contributed by atoms with Crippen LogP contribution in [-0.2, 0) is 16.6 Å². The highest BCUT2D eigenvalue weighted by atomic mass is 16.3. The van der Waals surface area contributed by atoms with Crippen LogP contribution in [0.3, 0.4) is 0 Å². The van der Waals surface area contributed by atoms with Crippen LogP contribution in [0.15, 0.2) is 73.6 Å². The van der Waals surface area contributed by atoms with Crippen LogP contribution in [0.25, 0.3) is 0 Å². The number of amides is 2. The molecule has 0 aliphatic carbocycles. The minimum Gasteiger partial charge on any atom is -0.394 e. The molecular weight excluding hydrogens is 384 g/mol. The third-order valence-electron chi connectivity index (χ3n) is 4.17. The van der Waals surface area contributed by atoms with E-state index < -0.39 is 17.9 Å². The summed E-state index contributed by atoms with van der Waals surface area (Å²) in [5.41, 5.74) is 1.42. The van der Waals surface area contributed by atoms with Gasteiger partial charge in [-0.05, 0) is 30.7 Å². The number of aromatic nitrogens is 2. The first kappa shape index (κ1) is 22.5. The summed E-state index contributed by atoms with van der Waals surface area (Å²) in [7, 11) is 1.72. The van der Waals surface area contributed by atoms with Gasteiger partial charge in [-0.15, -0.1) is 0 Å². The third kappa shape index (κ3) is 6.11. The Morgan fingerprint density at radius 3 is 2.50 bits per heavy atom. The van der Waals surface area contributed by atoms with Crippen molar-refractivity contribution < 1.29 is 19.5 Å². The Balaban J connectivity index is 1.94. The first-order valence-electron chi connectivity index (χ1n) is 9.17. The average Bonchev–Trinajstić information content (AvgIpc) is 3.17. The molecule has 0 fully saturated rings. The fourth-order valence-corrected chi connectivity index (χ4v) is 2.61. The molecule has 0 saturated heterocycles. The number of carbonyl (C=O) groups excluding carboxylic acids is 3. The number of carbonyl (C=O) groups is 3. The predicted molar refractivity (Wildman–Crippen MR) is 114 cm³/mol. The van der Waals surface area contributed by atoms with Crippen molar-refractivity contribution in [2.75, 3.05) is 11.9 Å². The molecule has 8 nitrogen and oxygen atoms in total. The Morgan fingerprint density at radius 2 is 1.93 bits per heavy atom. The van der Waals surface area contributed by atoms with Crippen LogP contribution in [-0.4, -0.2) is 44.9 Å². The number of nitrogens with zero attached hydrogens (tertiary/aromatic N) is 2. The van der Waals surface area contributed by atoms with Crippen molar-refractivity contribution in [1.82, 2.24) is 14.9 Å². The number of ketones is 1. The lowest BCUT2D eigenvalue weighted by atomic mass is 10.1. The van der Waals surface area contributed by atoms with Crippen molar-refractivity contribution in [2.45, 2.75) is 12.5 Å². The largest absolute Gasteiger partial charge is 0.394 e. The highest BCUT2D eigenvalue weighted by Crippen LogP contribution is 2.13. The minimum absolute atomic E-state index is 0.255. The van der Waals surface area contributed by atoms with Crippen molar-refractivity contribution >= 4 is 23.3 Å². The highest BCUT2D eigenvalue weighted by molar-refractivity contribution is 6.39. The summed E-state index contributed by atoms with van der Waals surface area (Å²) in [6, 6.07) is 5.47. The molecule has 2 aromatic rings. The van der Waals surface area contributed by atoms with Crippen LogP contribution < -0.4 is 10.6 Å². The molecule has 1 aromatic heterocycles. The van der Waals surface area contributed by atoms with Gasteiger partial charge in [-0.25, -0.2) is 4.98 Å². The van der Waals surface area contributed by atoms with Crippen molar-refractivity contribution in [3.63, 3.8) is 0 Å². The van der Waals surface area contributed by atoms with E-state index in [-0.39, 0.29) is 18.8 Å². The Hall–Kier alpha value is -3.78. The van der Waals surface area contributed by atoms with Gasteiger partial charge < -0.3 is 20.3 Å². The number of imidazole rings is 1. The van der Waals surface area contributed by atoms with E-state index in [1.165, 1.54) is 30.5 Å². The number of aliphatic hydroxyl groups is 1. The van der Waals surface area contributed by atoms with Crippen LogP contribution >= 0.6 is 0 Å². The molecular formula is C22H24N4O4. The first-order valence-corrected chi connectivity index (χ1v) is 9.17. The molecule has 1 atom stereocenters. The molecule has 1 unspecified atom stereocenters. The van der Waals surface area contributed by atoms with Gasteiger partial charge in [-0.3, -0.25) is 14.4 Å². The maximum absolute atomic E-state index is 12.4. The molecule has 0 bridgehead atoms. The molecule has 2 amide bonds. The van der Waals surface area contributed by atoms with E-state index in [2.05, 4.69) is 28.8 Å². The van der Waals surface area contributed by atoms with Gasteiger partial charge in [0.05, 0.1) is 12.6 Å². The summed E-state index contributed by atoms with van der Waals surface area (Å²) in [6.07, 6.45) is 8.46. The second kappa shape index (κ2) is 10.7. The molecule has 156 valence electrons. The highest BCUT2D eigenvalue weighted by Gasteiger charge is 2.19. The lowest BCUT2D eigenvalue weighted by Gasteiger charge is -2.16. The predicted octanol–water partition coefficient (Wildman–Crippen LogP) is 1.76. The molecule has 2 rings (SSSR count). The van der Waals surface area contributed by atoms with E-state index in [4.69, 9.17) is 0 Å². The maximum atomic E-state index is 12.4. The van der Waals surface area contributed by atoms with Gasteiger partial charge in [0, 0.05) is 30.7 Å². The van der Waals surface area contributed by atoms with E-state index >= 15 is 0 Å². The lowest BCUT2D eigenvalue weighted by Crippen LogP contribution is -2.43. The molecule has 30 heavy (non-hydrogen) atoms. The quantitative estimate of drug-likeness (QED) is 0.332. The molecule has 1 heterocycles. The molecule has 0 aliphatic rings. The fourth-order valence-electron chi connectivity index (χ4n) is 2.61. The number of anilines is 1. The average molecular weight is 408 g/mol. The van der Waals surface area contributed by atoms with Crippen molar-refractivity contribution in [3.05, 3.63) is 85.0 Å². The van der Waals surface area contributed by atoms with Crippen LogP contribution in [0.2, 0.25) is 0 Å². The normalized spacial score (nSPS) is 11.7. The standard InChI is InChI=1S/C22H24N4O4/c1-4-5-6-15(2)13-18(14-27)25-22(30)21(29)24-17-9-7-16(8-10-17)19(28)20-23-11-12-26(20)3/h4-12,18,27H,1-2,13-14H2,3H3,(H,24,29)(H,25,30)/b6-5-. The number of rotatable bonds is 9. The SMILES string of the molecule is C=C/C=C\C(=C)CC(CO)NC(=O)C(=O)Nc1ccc(C(=O)c2nccn2C)cc1. The molecule has 8 heteroatoms. The molecule has 1 aromatic carbocycles. The van der Waals surface area contributed by atoms with Crippen LogP contribution in [0.5, 0.6) is 0 Å². The van der Waals surface area contributed by atoms with E-state index in [1.54, 1.807) is 36.0 Å². The van der Waals surface area contributed by atoms with Gasteiger partial charge in [0.15, 0.2) is 5.82 Å². The van der Waals surface area contributed by atoms with E-state index in [9.17, 15) is 19.5 Å². The summed E-state index contributed by atoms with van der Waals surface area (Å²) in [6.45, 7) is 7.02. The third-order valence-corrected chi connectivity index (χ3v) is 4.17. The van der Waals surface area contributed by atoms with E-state index in [0.717, 1.165) is 0 Å². The lowest BCUT2D eigenvalue weighted by molar-refractivity contribution is -0.136. The number of hydrogen-bond acceptors (Lipinski definition) is 5. The molecule has 0 radical (unpaired) electrons. The second-order valence-corrected chi connectivity index (χ2v) is 6.53. The number of hydrogen-bond donors (Lipinski definition) is 3. The van der Waals surface area contributed by atoms with Gasteiger partial charge in [-0.2, -0.15) is 0 Å². The Kier molecular flexibility index (Phi) is 8.01. The monoisotopic (exact) mass is 408 g/mol. The zero-order valence-corrected chi connectivity index (χ0v) is 16.7. The zero-order valence-electron chi connectivity index (χ0n) is 16.7. The number of aryl methyl sites for hydroxylation is 1. The van der Waals surface area contributed by atoms with Gasteiger partial charge in [-0.1, -0.05) is 37.0 Å². The molecule has 3 N–H and O–H groups in total. The van der Waals surface area contributed by atoms with Crippen LogP contribution in [0.4, 0.5) is 5.69 Å². The molecule has 0 spiro atoms. The number of allylic oxidation sites excluding steroid dienone is 3. The van der Waals surface area contributed by atoms with Gasteiger partial charge in [0.1, 0.15) is 0 Å². The second-order valence-electron chi connectivity index (χ2n) is 6.53. The Bertz CT molecular complexity index is 973. The summed E-state index contributed by atoms with van der Waals surface area (Å²) >= 11 is 0. The summed E-state index contributed by atoms with van der Waals surface area (Å²) in [4.78, 5) is 40.7. The topological polar surface area (TPSA) is 113 Å². The van der Waals surface area contributed by atoms with E-state index in [0.29, 0.717) is 22.6 Å². The Labute approximate surface area is 174 Å². The molecule has 0 saturated carbocycles. The Morgan fingerprint density at radius 1 is 1.23 bits per heavy atom. The minimum atomic E-state index is -0.886. The van der Waals surface area contributed by atoms with Gasteiger partial charge in [0.2, 0.25) is 5.78 Å². The summed E-state index contributed by atoms with van der Waals surface area (Å²) in [5, 5.41) is 14.3.